The zero-order chi connectivity index (χ0) is 16.2. The third kappa shape index (κ3) is 3.03. The Kier molecular flexibility index (Phi) is 4.01. The first kappa shape index (κ1) is 14.7. The van der Waals surface area contributed by atoms with Gasteiger partial charge in [-0.25, -0.2) is 4.79 Å². The SMILES string of the molecule is COc1cc(OC(=O)Oc2ccccc2)c2ccccc2c1O. The highest BCUT2D eigenvalue weighted by atomic mass is 16.7. The van der Waals surface area contributed by atoms with Gasteiger partial charge in [-0.05, 0) is 12.1 Å². The molecule has 5 nitrogen and oxygen atoms in total. The van der Waals surface area contributed by atoms with Crippen molar-refractivity contribution < 1.29 is 24.1 Å². The Morgan fingerprint density at radius 1 is 0.870 bits per heavy atom. The van der Waals surface area contributed by atoms with Crippen molar-refractivity contribution in [2.45, 2.75) is 0 Å². The molecule has 0 fully saturated rings. The van der Waals surface area contributed by atoms with Crippen LogP contribution in [0.3, 0.4) is 0 Å². The van der Waals surface area contributed by atoms with Gasteiger partial charge in [0.05, 0.1) is 7.11 Å². The number of hydrogen-bond acceptors (Lipinski definition) is 5. The quantitative estimate of drug-likeness (QED) is 0.582. The lowest BCUT2D eigenvalue weighted by Gasteiger charge is -2.12. The Morgan fingerprint density at radius 2 is 1.52 bits per heavy atom. The Morgan fingerprint density at radius 3 is 2.22 bits per heavy atom. The number of carbonyl (C=O) groups is 1. The second kappa shape index (κ2) is 6.27. The van der Waals surface area contributed by atoms with E-state index in [1.54, 1.807) is 48.5 Å². The number of fused-ring (bicyclic) bond motifs is 1. The number of rotatable bonds is 3. The third-order valence-electron chi connectivity index (χ3n) is 3.30. The topological polar surface area (TPSA) is 65.0 Å². The van der Waals surface area contributed by atoms with Crippen molar-refractivity contribution in [1.29, 1.82) is 0 Å². The number of benzene rings is 3. The average molecular weight is 310 g/mol. The van der Waals surface area contributed by atoms with Gasteiger partial charge >= 0.3 is 6.16 Å². The van der Waals surface area contributed by atoms with Gasteiger partial charge in [0.1, 0.15) is 11.5 Å². The maximum absolute atomic E-state index is 12.0. The molecule has 0 heterocycles. The fraction of sp³-hybridized carbons (Fsp3) is 0.0556. The molecular formula is C18H14O5. The van der Waals surface area contributed by atoms with Crippen LogP contribution in [-0.4, -0.2) is 18.4 Å². The molecule has 23 heavy (non-hydrogen) atoms. The second-order valence-electron chi connectivity index (χ2n) is 4.74. The standard InChI is InChI=1S/C18H14O5/c1-21-16-11-15(13-9-5-6-10-14(13)17(16)19)23-18(20)22-12-7-3-2-4-8-12/h2-11,19H,1H3. The van der Waals surface area contributed by atoms with Gasteiger partial charge < -0.3 is 19.3 Å². The Balaban J connectivity index is 1.93. The van der Waals surface area contributed by atoms with Crippen molar-refractivity contribution >= 4 is 16.9 Å². The summed E-state index contributed by atoms with van der Waals surface area (Å²) in [6, 6.07) is 17.1. The first-order valence-corrected chi connectivity index (χ1v) is 6.92. The monoisotopic (exact) mass is 310 g/mol. The van der Waals surface area contributed by atoms with E-state index in [9.17, 15) is 9.90 Å². The lowest BCUT2D eigenvalue weighted by molar-refractivity contribution is 0.152. The largest absolute Gasteiger partial charge is 0.519 e. The summed E-state index contributed by atoms with van der Waals surface area (Å²) < 4.78 is 15.5. The Labute approximate surface area is 132 Å². The smallest absolute Gasteiger partial charge is 0.504 e. The van der Waals surface area contributed by atoms with Crippen LogP contribution in [0.5, 0.6) is 23.0 Å². The number of carbonyl (C=O) groups excluding carboxylic acids is 1. The molecule has 5 heteroatoms. The van der Waals surface area contributed by atoms with E-state index in [-0.39, 0.29) is 17.2 Å². The Bertz CT molecular complexity index is 843. The summed E-state index contributed by atoms with van der Waals surface area (Å²) in [6.07, 6.45) is -0.867. The normalized spacial score (nSPS) is 10.3. The molecule has 0 aromatic heterocycles. The van der Waals surface area contributed by atoms with Gasteiger partial charge in [-0.3, -0.25) is 0 Å². The maximum Gasteiger partial charge on any atom is 0.519 e. The highest BCUT2D eigenvalue weighted by Crippen LogP contribution is 2.40. The van der Waals surface area contributed by atoms with E-state index in [1.807, 2.05) is 6.07 Å². The number of hydrogen-bond donors (Lipinski definition) is 1. The van der Waals surface area contributed by atoms with Gasteiger partial charge in [0.25, 0.3) is 0 Å². The molecular weight excluding hydrogens is 296 g/mol. The number of phenols is 1. The van der Waals surface area contributed by atoms with E-state index in [1.165, 1.54) is 13.2 Å². The van der Waals surface area contributed by atoms with Gasteiger partial charge in [0.15, 0.2) is 11.5 Å². The summed E-state index contributed by atoms with van der Waals surface area (Å²) in [6.45, 7) is 0. The molecule has 0 aliphatic heterocycles. The van der Waals surface area contributed by atoms with Crippen molar-refractivity contribution in [3.05, 3.63) is 60.7 Å². The van der Waals surface area contributed by atoms with E-state index in [4.69, 9.17) is 14.2 Å². The first-order chi connectivity index (χ1) is 11.2. The van der Waals surface area contributed by atoms with Gasteiger partial charge in [-0.2, -0.15) is 0 Å². The molecule has 0 saturated carbocycles. The van der Waals surface area contributed by atoms with Crippen LogP contribution in [0, 0.1) is 0 Å². The van der Waals surface area contributed by atoms with E-state index in [2.05, 4.69) is 0 Å². The van der Waals surface area contributed by atoms with Crippen LogP contribution in [0.2, 0.25) is 0 Å². The lowest BCUT2D eigenvalue weighted by atomic mass is 10.1. The molecule has 116 valence electrons. The molecule has 0 atom stereocenters. The summed E-state index contributed by atoms with van der Waals surface area (Å²) in [4.78, 5) is 12.0. The van der Waals surface area contributed by atoms with E-state index < -0.39 is 6.16 Å². The van der Waals surface area contributed by atoms with Gasteiger partial charge in [0.2, 0.25) is 0 Å². The van der Waals surface area contributed by atoms with Crippen LogP contribution in [0.25, 0.3) is 10.8 Å². The molecule has 3 aromatic rings. The summed E-state index contributed by atoms with van der Waals surface area (Å²) in [5, 5.41) is 11.2. The summed E-state index contributed by atoms with van der Waals surface area (Å²) in [7, 11) is 1.43. The molecule has 0 unspecified atom stereocenters. The van der Waals surface area contributed by atoms with Crippen LogP contribution in [-0.2, 0) is 0 Å². The first-order valence-electron chi connectivity index (χ1n) is 6.92. The predicted molar refractivity (Wildman–Crippen MR) is 85.3 cm³/mol. The molecule has 0 saturated heterocycles. The van der Waals surface area contributed by atoms with Crippen molar-refractivity contribution in [3.8, 4) is 23.0 Å². The number of ether oxygens (including phenoxy) is 3. The molecule has 0 spiro atoms. The van der Waals surface area contributed by atoms with Crippen LogP contribution in [0.15, 0.2) is 60.7 Å². The van der Waals surface area contributed by atoms with Crippen LogP contribution < -0.4 is 14.2 Å². The maximum atomic E-state index is 12.0. The molecule has 1 N–H and O–H groups in total. The summed E-state index contributed by atoms with van der Waals surface area (Å²) in [5.74, 6) is 0.835. The van der Waals surface area contributed by atoms with Crippen LogP contribution in [0.4, 0.5) is 4.79 Å². The van der Waals surface area contributed by atoms with E-state index in [0.717, 1.165) is 0 Å². The number of phenolic OH excluding ortho intramolecular Hbond substituents is 1. The van der Waals surface area contributed by atoms with Crippen LogP contribution >= 0.6 is 0 Å². The highest BCUT2D eigenvalue weighted by molar-refractivity contribution is 5.96. The molecule has 3 aromatic carbocycles. The molecule has 0 bridgehead atoms. The lowest BCUT2D eigenvalue weighted by Crippen LogP contribution is -2.14. The predicted octanol–water partition coefficient (Wildman–Crippen LogP) is 4.13. The minimum atomic E-state index is -0.867. The minimum Gasteiger partial charge on any atom is -0.504 e. The van der Waals surface area contributed by atoms with Crippen molar-refractivity contribution in [3.63, 3.8) is 0 Å². The van der Waals surface area contributed by atoms with Crippen molar-refractivity contribution in [2.24, 2.45) is 0 Å². The van der Waals surface area contributed by atoms with E-state index >= 15 is 0 Å². The fourth-order valence-corrected chi connectivity index (χ4v) is 2.24. The molecule has 0 radical (unpaired) electrons. The average Bonchev–Trinajstić information content (AvgIpc) is 2.58. The van der Waals surface area contributed by atoms with Gasteiger partial charge in [0, 0.05) is 16.8 Å². The van der Waals surface area contributed by atoms with Gasteiger partial charge in [-0.15, -0.1) is 0 Å². The minimum absolute atomic E-state index is 0.00752. The Hall–Kier alpha value is -3.21. The molecule has 0 aliphatic rings. The van der Waals surface area contributed by atoms with Gasteiger partial charge in [-0.1, -0.05) is 42.5 Å². The number of aromatic hydroxyl groups is 1. The molecule has 0 amide bonds. The summed E-state index contributed by atoms with van der Waals surface area (Å²) >= 11 is 0. The zero-order valence-electron chi connectivity index (χ0n) is 12.4. The van der Waals surface area contributed by atoms with E-state index in [0.29, 0.717) is 16.5 Å². The molecule has 0 aliphatic carbocycles. The van der Waals surface area contributed by atoms with Crippen molar-refractivity contribution in [2.75, 3.05) is 7.11 Å². The summed E-state index contributed by atoms with van der Waals surface area (Å²) in [5.41, 5.74) is 0. The molecule has 3 rings (SSSR count). The highest BCUT2D eigenvalue weighted by Gasteiger charge is 2.16. The number of methoxy groups -OCH3 is 1. The van der Waals surface area contributed by atoms with Crippen LogP contribution in [0.1, 0.15) is 0 Å². The van der Waals surface area contributed by atoms with Crippen molar-refractivity contribution in [1.82, 2.24) is 0 Å². The second-order valence-corrected chi connectivity index (χ2v) is 4.74. The fourth-order valence-electron chi connectivity index (χ4n) is 2.24. The number of para-hydroxylation sites is 1. The third-order valence-corrected chi connectivity index (χ3v) is 3.30. The zero-order valence-corrected chi connectivity index (χ0v) is 12.4.